The van der Waals surface area contributed by atoms with Crippen LogP contribution >= 0.6 is 38.2 Å². The number of halogens is 1. The third kappa shape index (κ3) is 7.28. The summed E-state index contributed by atoms with van der Waals surface area (Å²) >= 11 is 1.68. The average molecular weight is 676 g/mol. The van der Waals surface area contributed by atoms with Gasteiger partial charge in [0, 0.05) is 12.6 Å². The highest BCUT2D eigenvalue weighted by Gasteiger charge is 2.45. The Balaban J connectivity index is 1.54. The molecule has 0 bridgehead atoms. The Morgan fingerprint density at radius 3 is 2.17 bits per heavy atom. The Kier molecular flexibility index (Phi) is 9.68. The molecule has 0 radical (unpaired) electrons. The van der Waals surface area contributed by atoms with Crippen LogP contribution in [0.1, 0.15) is 12.6 Å². The van der Waals surface area contributed by atoms with Crippen LogP contribution in [0.4, 0.5) is 0 Å². The van der Waals surface area contributed by atoms with E-state index in [-0.39, 0.29) is 9.99 Å². The predicted octanol–water partition coefficient (Wildman–Crippen LogP) is -3.16. The van der Waals surface area contributed by atoms with E-state index >= 15 is 0 Å². The van der Waals surface area contributed by atoms with Crippen molar-refractivity contribution in [2.24, 2.45) is 0 Å². The van der Waals surface area contributed by atoms with Crippen LogP contribution in [-0.2, 0) is 32.0 Å². The number of H-pyrrole nitrogens is 1. The van der Waals surface area contributed by atoms with Crippen LogP contribution in [0.5, 0.6) is 0 Å². The zero-order valence-corrected chi connectivity index (χ0v) is 21.8. The van der Waals surface area contributed by atoms with E-state index in [1.807, 2.05) is 0 Å². The van der Waals surface area contributed by atoms with Gasteiger partial charge in [-0.1, -0.05) is 0 Å². The monoisotopic (exact) mass is 676 g/mol. The number of aliphatic hydroxyl groups excluding tert-OH is 5. The highest BCUT2D eigenvalue weighted by atomic mass is 127. The van der Waals surface area contributed by atoms with Crippen LogP contribution < -0.4 is 11.2 Å². The minimum Gasteiger partial charge on any atom is -0.390 e. The lowest BCUT2D eigenvalue weighted by Gasteiger charge is -2.38. The first-order valence-electron chi connectivity index (χ1n) is 9.98. The average Bonchev–Trinajstić information content (AvgIpc) is 3.14. The number of hydrogen-bond acceptors (Lipinski definition) is 14. The first-order valence-corrected chi connectivity index (χ1v) is 14.1. The lowest BCUT2D eigenvalue weighted by Crippen LogP contribution is -2.58. The fourth-order valence-electron chi connectivity index (χ4n) is 3.29. The number of nitrogens with one attached hydrogen (secondary N) is 1. The molecule has 18 nitrogen and oxygen atoms in total. The highest BCUT2D eigenvalue weighted by Crippen LogP contribution is 2.60. The molecular weight excluding hydrogens is 653 g/mol. The van der Waals surface area contributed by atoms with Crippen molar-refractivity contribution < 1.29 is 67.3 Å². The number of aromatic amines is 1. The van der Waals surface area contributed by atoms with Crippen LogP contribution in [-0.4, -0.2) is 101 Å². The van der Waals surface area contributed by atoms with E-state index < -0.39 is 89.2 Å². The van der Waals surface area contributed by atoms with Gasteiger partial charge in [0.25, 0.3) is 5.56 Å². The Bertz CT molecular complexity index is 1150. The van der Waals surface area contributed by atoms with Crippen molar-refractivity contribution in [2.45, 2.75) is 55.6 Å². The number of aromatic nitrogens is 2. The summed E-state index contributed by atoms with van der Waals surface area (Å²) in [5.74, 6) is 0. The number of phosphoric ester groups is 2. The molecule has 0 spiro atoms. The zero-order valence-electron chi connectivity index (χ0n) is 17.8. The molecule has 3 unspecified atom stereocenters. The van der Waals surface area contributed by atoms with Crippen molar-refractivity contribution >= 4 is 38.2 Å². The molecule has 2 aliphatic heterocycles. The van der Waals surface area contributed by atoms with Gasteiger partial charge < -0.3 is 44.8 Å². The van der Waals surface area contributed by atoms with E-state index in [9.17, 15) is 54.0 Å². The molecule has 3 rings (SSSR count). The number of aliphatic hydroxyl groups is 5. The van der Waals surface area contributed by atoms with E-state index in [1.165, 1.54) is 6.20 Å². The summed E-state index contributed by atoms with van der Waals surface area (Å²) < 4.78 is 48.6. The third-order valence-electron chi connectivity index (χ3n) is 5.14. The van der Waals surface area contributed by atoms with Gasteiger partial charge in [-0.15, -0.1) is 0 Å². The first-order chi connectivity index (χ1) is 16.6. The summed E-state index contributed by atoms with van der Waals surface area (Å²) in [5.41, 5.74) is -1.45. The molecule has 1 aromatic heterocycles. The molecule has 0 saturated carbocycles. The summed E-state index contributed by atoms with van der Waals surface area (Å²) in [7, 11) is -10.7. The van der Waals surface area contributed by atoms with E-state index in [0.29, 0.717) is 0 Å². The molecule has 10 atom stereocenters. The van der Waals surface area contributed by atoms with Crippen molar-refractivity contribution in [1.82, 2.24) is 9.55 Å². The second-order valence-corrected chi connectivity index (χ2v) is 11.9. The molecule has 1 aromatic rings. The fourth-order valence-corrected chi connectivity index (χ4v) is 5.82. The summed E-state index contributed by atoms with van der Waals surface area (Å²) in [5, 5.41) is 48.4. The lowest BCUT2D eigenvalue weighted by atomic mass is 10.00. The maximum atomic E-state index is 12.1. The number of hydrogen-bond donors (Lipinski definition) is 8. The van der Waals surface area contributed by atoms with Crippen molar-refractivity contribution in [3.05, 3.63) is 30.6 Å². The maximum absolute atomic E-state index is 12.1. The van der Waals surface area contributed by atoms with Crippen LogP contribution in [0, 0.1) is 3.57 Å². The number of phosphoric acid groups is 2. The fraction of sp³-hybridized carbons (Fsp3) is 0.733. The van der Waals surface area contributed by atoms with Gasteiger partial charge in [0.2, 0.25) is 0 Å². The summed E-state index contributed by atoms with van der Waals surface area (Å²) in [6.07, 6.45) is -11.8. The SMILES string of the molecule is O=c1[nH]c(=O)n([C@H]2C[C@H](O)[C@@H](COP(=O)(O)OP(=O)(O)OC[C@@H]3OC(O)[C@H](O)[C@H](O)[C@H]3O)O2)cc1I. The van der Waals surface area contributed by atoms with Crippen LogP contribution in [0.3, 0.4) is 0 Å². The topological polar surface area (TPSA) is 277 Å². The largest absolute Gasteiger partial charge is 0.481 e. The lowest BCUT2D eigenvalue weighted by molar-refractivity contribution is -0.285. The molecule has 8 N–H and O–H groups in total. The van der Waals surface area contributed by atoms with Gasteiger partial charge in [0.1, 0.15) is 36.7 Å². The molecule has 2 saturated heterocycles. The first kappa shape index (κ1) is 29.9. The van der Waals surface area contributed by atoms with Gasteiger partial charge in [0.05, 0.1) is 22.9 Å². The van der Waals surface area contributed by atoms with Crippen molar-refractivity contribution in [3.63, 3.8) is 0 Å². The van der Waals surface area contributed by atoms with E-state index in [0.717, 1.165) is 4.57 Å². The highest BCUT2D eigenvalue weighted by molar-refractivity contribution is 14.1. The molecule has 2 aliphatic rings. The molecule has 0 amide bonds. The Morgan fingerprint density at radius 2 is 1.56 bits per heavy atom. The Morgan fingerprint density at radius 1 is 0.972 bits per heavy atom. The van der Waals surface area contributed by atoms with Crippen molar-refractivity contribution in [3.8, 4) is 0 Å². The molecule has 0 aliphatic carbocycles. The number of nitrogens with zero attached hydrogens (tertiary/aromatic N) is 1. The van der Waals surface area contributed by atoms with Gasteiger partial charge in [-0.2, -0.15) is 4.31 Å². The molecule has 2 fully saturated rings. The van der Waals surface area contributed by atoms with Crippen LogP contribution in [0.2, 0.25) is 0 Å². The maximum Gasteiger partial charge on any atom is 0.481 e. The Hall–Kier alpha value is -0.610. The minimum atomic E-state index is -5.35. The summed E-state index contributed by atoms with van der Waals surface area (Å²) in [6.45, 7) is -1.85. The van der Waals surface area contributed by atoms with Crippen LogP contribution in [0.25, 0.3) is 0 Å². The summed E-state index contributed by atoms with van der Waals surface area (Å²) in [4.78, 5) is 45.0. The smallest absolute Gasteiger partial charge is 0.390 e. The van der Waals surface area contributed by atoms with Crippen molar-refractivity contribution in [1.29, 1.82) is 0 Å². The molecule has 3 heterocycles. The third-order valence-corrected chi connectivity index (χ3v) is 8.51. The quantitative estimate of drug-likeness (QED) is 0.0947. The van der Waals surface area contributed by atoms with E-state index in [4.69, 9.17) is 9.47 Å². The van der Waals surface area contributed by atoms with Gasteiger partial charge >= 0.3 is 21.3 Å². The van der Waals surface area contributed by atoms with Crippen molar-refractivity contribution in [2.75, 3.05) is 13.2 Å². The standard InChI is InChI=1S/C15H23IN2O16P2/c16-5-2-18(15(25)17-13(5)23)9-1-6(19)7(32-9)3-30-35(26,27)34-36(28,29)31-4-8-10(20)11(21)12(22)14(24)33-8/h2,6-12,14,19-22,24H,1,3-4H2,(H,26,27)(H,28,29)(H,17,23,25)/t6-,7+,8-,9+,10-,11+,12+,14?/m0/s1. The zero-order chi connectivity index (χ0) is 27.0. The van der Waals surface area contributed by atoms with E-state index in [1.54, 1.807) is 22.6 Å². The predicted molar refractivity (Wildman–Crippen MR) is 120 cm³/mol. The van der Waals surface area contributed by atoms with Gasteiger partial charge in [-0.25, -0.2) is 13.9 Å². The molecular formula is C15H23IN2O16P2. The number of ether oxygens (including phenoxy) is 2. The second kappa shape index (κ2) is 11.6. The molecule has 206 valence electrons. The van der Waals surface area contributed by atoms with Gasteiger partial charge in [-0.05, 0) is 22.6 Å². The summed E-state index contributed by atoms with van der Waals surface area (Å²) in [6, 6.07) is 0. The second-order valence-electron chi connectivity index (χ2n) is 7.72. The molecule has 36 heavy (non-hydrogen) atoms. The van der Waals surface area contributed by atoms with Gasteiger partial charge in [0.15, 0.2) is 6.29 Å². The Labute approximate surface area is 214 Å². The normalized spacial score (nSPS) is 36.3. The minimum absolute atomic E-state index is 0.156. The van der Waals surface area contributed by atoms with E-state index in [2.05, 4.69) is 18.3 Å². The van der Waals surface area contributed by atoms with Crippen LogP contribution in [0.15, 0.2) is 15.8 Å². The molecule has 21 heteroatoms. The molecule has 0 aromatic carbocycles. The van der Waals surface area contributed by atoms with Gasteiger partial charge in [-0.3, -0.25) is 23.4 Å². The number of rotatable bonds is 9.